The first-order valence-electron chi connectivity index (χ1n) is 7.90. The van der Waals surface area contributed by atoms with E-state index in [1.54, 1.807) is 18.2 Å². The van der Waals surface area contributed by atoms with Crippen molar-refractivity contribution in [2.24, 2.45) is 0 Å². The van der Waals surface area contributed by atoms with E-state index < -0.39 is 17.2 Å². The van der Waals surface area contributed by atoms with Crippen LogP contribution in [0.15, 0.2) is 53.5 Å². The Morgan fingerprint density at radius 3 is 2.74 bits per heavy atom. The minimum absolute atomic E-state index is 0.183. The molecule has 1 aromatic heterocycles. The Labute approximate surface area is 158 Å². The maximum atomic E-state index is 13.9. The molecule has 136 valence electrons. The van der Waals surface area contributed by atoms with E-state index >= 15 is 0 Å². The standard InChI is InChI=1S/C19H13ClF2N4O/c1-11(13-4-2-3-12(7-13)9-23)25-16-10-24-26(19(27)18(16)20)17-6-5-14(21)8-15(17)22/h2-8,10-11,25H,1H3. The SMILES string of the molecule is CC(Nc1cnn(-c2ccc(F)cc2F)c(=O)c1Cl)c1cccc(C#N)c1. The second-order valence-electron chi connectivity index (χ2n) is 5.79. The number of nitrogens with zero attached hydrogens (tertiary/aromatic N) is 3. The summed E-state index contributed by atoms with van der Waals surface area (Å²) in [6, 6.07) is 11.6. The van der Waals surface area contributed by atoms with Gasteiger partial charge in [-0.2, -0.15) is 15.0 Å². The van der Waals surface area contributed by atoms with Crippen molar-refractivity contribution < 1.29 is 8.78 Å². The summed E-state index contributed by atoms with van der Waals surface area (Å²) in [5.41, 5.74) is 0.636. The smallest absolute Gasteiger partial charge is 0.292 e. The predicted octanol–water partition coefficient (Wildman–Crippen LogP) is 4.21. The summed E-state index contributed by atoms with van der Waals surface area (Å²) in [6.07, 6.45) is 1.29. The zero-order chi connectivity index (χ0) is 19.6. The molecule has 0 radical (unpaired) electrons. The fourth-order valence-electron chi connectivity index (χ4n) is 2.55. The lowest BCUT2D eigenvalue weighted by molar-refractivity contribution is 0.570. The molecule has 5 nitrogen and oxygen atoms in total. The molecule has 3 rings (SSSR count). The van der Waals surface area contributed by atoms with E-state index in [0.717, 1.165) is 22.4 Å². The molecule has 1 heterocycles. The van der Waals surface area contributed by atoms with Crippen LogP contribution in [0.3, 0.4) is 0 Å². The van der Waals surface area contributed by atoms with Crippen LogP contribution in [0.1, 0.15) is 24.1 Å². The van der Waals surface area contributed by atoms with Gasteiger partial charge in [0.25, 0.3) is 5.56 Å². The van der Waals surface area contributed by atoms with Crippen molar-refractivity contribution in [2.45, 2.75) is 13.0 Å². The molecule has 1 N–H and O–H groups in total. The molecule has 0 aliphatic heterocycles. The van der Waals surface area contributed by atoms with Gasteiger partial charge in [-0.15, -0.1) is 0 Å². The Morgan fingerprint density at radius 1 is 1.26 bits per heavy atom. The number of halogens is 3. The van der Waals surface area contributed by atoms with Crippen LogP contribution >= 0.6 is 11.6 Å². The van der Waals surface area contributed by atoms with Crippen LogP contribution in [0.25, 0.3) is 5.69 Å². The third kappa shape index (κ3) is 3.81. The van der Waals surface area contributed by atoms with E-state index in [0.29, 0.717) is 11.6 Å². The number of nitrogens with one attached hydrogen (secondary N) is 1. The minimum Gasteiger partial charge on any atom is -0.376 e. The highest BCUT2D eigenvalue weighted by molar-refractivity contribution is 6.33. The summed E-state index contributed by atoms with van der Waals surface area (Å²) >= 11 is 6.14. The zero-order valence-corrected chi connectivity index (χ0v) is 14.8. The van der Waals surface area contributed by atoms with Gasteiger partial charge in [0.2, 0.25) is 0 Å². The molecule has 0 aliphatic carbocycles. The average molecular weight is 387 g/mol. The Kier molecular flexibility index (Phi) is 5.19. The van der Waals surface area contributed by atoms with Gasteiger partial charge in [0.05, 0.1) is 23.5 Å². The summed E-state index contributed by atoms with van der Waals surface area (Å²) in [5, 5.41) is 15.8. The number of anilines is 1. The summed E-state index contributed by atoms with van der Waals surface area (Å²) in [7, 11) is 0. The first kappa shape index (κ1) is 18.5. The van der Waals surface area contributed by atoms with Gasteiger partial charge in [-0.25, -0.2) is 8.78 Å². The van der Waals surface area contributed by atoms with Gasteiger partial charge in [0.15, 0.2) is 5.82 Å². The van der Waals surface area contributed by atoms with Crippen LogP contribution in [-0.2, 0) is 0 Å². The maximum absolute atomic E-state index is 13.9. The van der Waals surface area contributed by atoms with Crippen molar-refractivity contribution in [3.05, 3.63) is 86.8 Å². The van der Waals surface area contributed by atoms with Gasteiger partial charge >= 0.3 is 0 Å². The molecule has 8 heteroatoms. The number of rotatable bonds is 4. The lowest BCUT2D eigenvalue weighted by Crippen LogP contribution is -2.24. The van der Waals surface area contributed by atoms with E-state index in [9.17, 15) is 13.6 Å². The van der Waals surface area contributed by atoms with Gasteiger partial charge in [-0.1, -0.05) is 23.7 Å². The Hall–Kier alpha value is -3.24. The van der Waals surface area contributed by atoms with Crippen molar-refractivity contribution in [3.8, 4) is 11.8 Å². The van der Waals surface area contributed by atoms with Gasteiger partial charge in [0, 0.05) is 12.1 Å². The summed E-state index contributed by atoms with van der Waals surface area (Å²) in [4.78, 5) is 12.5. The molecule has 0 saturated carbocycles. The van der Waals surface area contributed by atoms with Crippen molar-refractivity contribution in [3.63, 3.8) is 0 Å². The van der Waals surface area contributed by atoms with Gasteiger partial charge in [-0.3, -0.25) is 4.79 Å². The molecule has 3 aromatic rings. The quantitative estimate of drug-likeness (QED) is 0.729. The van der Waals surface area contributed by atoms with Crippen molar-refractivity contribution >= 4 is 17.3 Å². The molecule has 0 amide bonds. The van der Waals surface area contributed by atoms with E-state index in [4.69, 9.17) is 16.9 Å². The monoisotopic (exact) mass is 386 g/mol. The van der Waals surface area contributed by atoms with Crippen molar-refractivity contribution in [1.82, 2.24) is 9.78 Å². The highest BCUT2D eigenvalue weighted by Gasteiger charge is 2.16. The Morgan fingerprint density at radius 2 is 2.04 bits per heavy atom. The Bertz CT molecular complexity index is 1110. The third-order valence-corrected chi connectivity index (χ3v) is 4.31. The molecule has 0 spiro atoms. The van der Waals surface area contributed by atoms with E-state index in [1.165, 1.54) is 6.20 Å². The molecule has 2 aromatic carbocycles. The third-order valence-electron chi connectivity index (χ3n) is 3.94. The van der Waals surface area contributed by atoms with Crippen molar-refractivity contribution in [1.29, 1.82) is 5.26 Å². The normalized spacial score (nSPS) is 11.7. The van der Waals surface area contributed by atoms with Crippen LogP contribution in [0.2, 0.25) is 5.02 Å². The number of hydrogen-bond donors (Lipinski definition) is 1. The largest absolute Gasteiger partial charge is 0.376 e. The topological polar surface area (TPSA) is 70.7 Å². The fraction of sp³-hybridized carbons (Fsp3) is 0.105. The second-order valence-corrected chi connectivity index (χ2v) is 6.17. The molecule has 0 fully saturated rings. The van der Waals surface area contributed by atoms with Gasteiger partial charge < -0.3 is 5.32 Å². The maximum Gasteiger partial charge on any atom is 0.292 e. The molecular formula is C19H13ClF2N4O. The average Bonchev–Trinajstić information content (AvgIpc) is 2.66. The number of benzene rings is 2. The number of hydrogen-bond acceptors (Lipinski definition) is 4. The summed E-state index contributed by atoms with van der Waals surface area (Å²) in [5.74, 6) is -1.69. The van der Waals surface area contributed by atoms with Crippen LogP contribution in [0.4, 0.5) is 14.5 Å². The molecular weight excluding hydrogens is 374 g/mol. The molecule has 0 aliphatic rings. The molecule has 0 bridgehead atoms. The highest BCUT2D eigenvalue weighted by Crippen LogP contribution is 2.24. The Balaban J connectivity index is 1.93. The van der Waals surface area contributed by atoms with Crippen LogP contribution < -0.4 is 10.9 Å². The second kappa shape index (κ2) is 7.56. The summed E-state index contributed by atoms with van der Waals surface area (Å²) < 4.78 is 27.8. The van der Waals surface area contributed by atoms with Crippen LogP contribution in [0, 0.1) is 23.0 Å². The van der Waals surface area contributed by atoms with Crippen molar-refractivity contribution in [2.75, 3.05) is 5.32 Å². The molecule has 1 unspecified atom stereocenters. The predicted molar refractivity (Wildman–Crippen MR) is 98.0 cm³/mol. The number of aromatic nitrogens is 2. The number of nitriles is 1. The van der Waals surface area contributed by atoms with E-state index in [-0.39, 0.29) is 22.4 Å². The van der Waals surface area contributed by atoms with Crippen LogP contribution in [0.5, 0.6) is 0 Å². The lowest BCUT2D eigenvalue weighted by Gasteiger charge is -2.17. The lowest BCUT2D eigenvalue weighted by atomic mass is 10.1. The molecule has 1 atom stereocenters. The fourth-order valence-corrected chi connectivity index (χ4v) is 2.74. The first-order chi connectivity index (χ1) is 12.9. The van der Waals surface area contributed by atoms with E-state index in [2.05, 4.69) is 16.5 Å². The van der Waals surface area contributed by atoms with Crippen LogP contribution in [-0.4, -0.2) is 9.78 Å². The van der Waals surface area contributed by atoms with E-state index in [1.807, 2.05) is 13.0 Å². The highest BCUT2D eigenvalue weighted by atomic mass is 35.5. The van der Waals surface area contributed by atoms with Gasteiger partial charge in [0.1, 0.15) is 16.5 Å². The minimum atomic E-state index is -0.928. The molecule has 0 saturated heterocycles. The zero-order valence-electron chi connectivity index (χ0n) is 14.1. The van der Waals surface area contributed by atoms with Gasteiger partial charge in [-0.05, 0) is 36.8 Å². The summed E-state index contributed by atoms with van der Waals surface area (Å²) in [6.45, 7) is 1.83. The molecule has 27 heavy (non-hydrogen) atoms. The first-order valence-corrected chi connectivity index (χ1v) is 8.28.